The molecule has 0 bridgehead atoms. The quantitative estimate of drug-likeness (QED) is 0.0265. The van der Waals surface area contributed by atoms with E-state index in [4.69, 9.17) is 14.2 Å². The largest absolute Gasteiger partial charge is 0.462 e. The summed E-state index contributed by atoms with van der Waals surface area (Å²) in [5, 5.41) is 0. The van der Waals surface area contributed by atoms with E-state index in [1.165, 1.54) is 96.3 Å². The lowest BCUT2D eigenvalue weighted by Gasteiger charge is -2.18. The Balaban J connectivity index is 4.38. The first-order valence-electron chi connectivity index (χ1n) is 23.6. The predicted molar refractivity (Wildman–Crippen MR) is 238 cm³/mol. The molecule has 6 nitrogen and oxygen atoms in total. The highest BCUT2D eigenvalue weighted by atomic mass is 16.6. The normalized spacial score (nSPS) is 12.4. The van der Waals surface area contributed by atoms with Gasteiger partial charge in [-0.2, -0.15) is 0 Å². The number of carbonyl (C=O) groups excluding carboxylic acids is 3. The molecular weight excluding hydrogens is 697 g/mol. The maximum atomic E-state index is 12.7. The molecule has 0 saturated heterocycles. The van der Waals surface area contributed by atoms with Crippen LogP contribution >= 0.6 is 0 Å². The molecule has 1 atom stereocenters. The fraction of sp³-hybridized carbons (Fsp3) is 0.780. The Kier molecular flexibility index (Phi) is 43.0. The van der Waals surface area contributed by atoms with Crippen LogP contribution in [-0.2, 0) is 28.6 Å². The van der Waals surface area contributed by atoms with Crippen molar-refractivity contribution in [3.8, 4) is 0 Å². The second-order valence-electron chi connectivity index (χ2n) is 15.7. The first-order chi connectivity index (χ1) is 27.5. The lowest BCUT2D eigenvalue weighted by Crippen LogP contribution is -2.30. The number of hydrogen-bond donors (Lipinski definition) is 0. The second kappa shape index (κ2) is 45.1. The summed E-state index contributed by atoms with van der Waals surface area (Å²) in [7, 11) is 0. The molecule has 0 rings (SSSR count). The van der Waals surface area contributed by atoms with E-state index in [1.54, 1.807) is 0 Å². The number of allylic oxidation sites excluding steroid dienone is 8. The standard InChI is InChI=1S/C50H88O6/c1-4-7-10-13-16-19-22-23-24-25-26-27-29-31-34-37-40-43-49(52)55-46-47(45-54-48(51)42-39-36-33-30-21-18-15-12-9-6-3)56-50(53)44-41-38-35-32-28-20-17-14-11-8-5-2/h14,16-17,19,23-24,26-27,47H,4-13,15,18,20-22,25,28-46H2,1-3H3/b17-14-,19-16-,24-23-,27-26-/t47-/m1/s1. The number of hydrogen-bond acceptors (Lipinski definition) is 6. The molecule has 6 heteroatoms. The zero-order valence-corrected chi connectivity index (χ0v) is 36.9. The summed E-state index contributed by atoms with van der Waals surface area (Å²) in [4.78, 5) is 37.7. The number of unbranched alkanes of at least 4 members (excludes halogenated alkanes) is 23. The smallest absolute Gasteiger partial charge is 0.306 e. The van der Waals surface area contributed by atoms with Gasteiger partial charge in [-0.05, 0) is 77.0 Å². The summed E-state index contributed by atoms with van der Waals surface area (Å²) in [5.74, 6) is -0.916. The van der Waals surface area contributed by atoms with Crippen LogP contribution in [0.5, 0.6) is 0 Å². The molecule has 0 heterocycles. The van der Waals surface area contributed by atoms with Crippen LogP contribution in [0.4, 0.5) is 0 Å². The van der Waals surface area contributed by atoms with Crippen LogP contribution in [0, 0.1) is 0 Å². The monoisotopic (exact) mass is 785 g/mol. The number of ether oxygens (including phenoxy) is 3. The van der Waals surface area contributed by atoms with Crippen molar-refractivity contribution in [3.05, 3.63) is 48.6 Å². The summed E-state index contributed by atoms with van der Waals surface area (Å²) in [6, 6.07) is 0. The highest BCUT2D eigenvalue weighted by Crippen LogP contribution is 2.14. The minimum atomic E-state index is -0.781. The fourth-order valence-electron chi connectivity index (χ4n) is 6.43. The van der Waals surface area contributed by atoms with E-state index < -0.39 is 6.10 Å². The van der Waals surface area contributed by atoms with Gasteiger partial charge in [-0.3, -0.25) is 14.4 Å². The molecule has 0 N–H and O–H groups in total. The Bertz CT molecular complexity index is 996. The predicted octanol–water partition coefficient (Wildman–Crippen LogP) is 15.1. The molecular formula is C50H88O6. The van der Waals surface area contributed by atoms with E-state index in [-0.39, 0.29) is 31.1 Å². The van der Waals surface area contributed by atoms with Crippen molar-refractivity contribution >= 4 is 17.9 Å². The fourth-order valence-corrected chi connectivity index (χ4v) is 6.43. The summed E-state index contributed by atoms with van der Waals surface area (Å²) in [5.41, 5.74) is 0. The molecule has 0 saturated carbocycles. The highest BCUT2D eigenvalue weighted by molar-refractivity contribution is 5.71. The molecule has 0 spiro atoms. The third-order valence-corrected chi connectivity index (χ3v) is 10.1. The van der Waals surface area contributed by atoms with Gasteiger partial charge in [-0.1, -0.05) is 185 Å². The van der Waals surface area contributed by atoms with Crippen LogP contribution in [0.3, 0.4) is 0 Å². The lowest BCUT2D eigenvalue weighted by atomic mass is 10.1. The SMILES string of the molecule is CCCC/C=C\CCCCCCCC(=O)O[C@@H](COC(=O)CCCCCC/C=C\C/C=C\C/C=C\CCCCC)COC(=O)CCCCCCCCCCCC. The minimum Gasteiger partial charge on any atom is -0.462 e. The maximum Gasteiger partial charge on any atom is 0.306 e. The molecule has 0 fully saturated rings. The van der Waals surface area contributed by atoms with E-state index >= 15 is 0 Å². The summed E-state index contributed by atoms with van der Waals surface area (Å²) in [6.07, 6.45) is 52.3. The van der Waals surface area contributed by atoms with E-state index in [9.17, 15) is 14.4 Å². The van der Waals surface area contributed by atoms with Crippen molar-refractivity contribution in [2.24, 2.45) is 0 Å². The lowest BCUT2D eigenvalue weighted by molar-refractivity contribution is -0.167. The van der Waals surface area contributed by atoms with Gasteiger partial charge < -0.3 is 14.2 Å². The zero-order chi connectivity index (χ0) is 40.8. The van der Waals surface area contributed by atoms with Crippen LogP contribution in [0.25, 0.3) is 0 Å². The molecule has 56 heavy (non-hydrogen) atoms. The third kappa shape index (κ3) is 42.5. The second-order valence-corrected chi connectivity index (χ2v) is 15.7. The minimum absolute atomic E-state index is 0.0825. The average Bonchev–Trinajstić information content (AvgIpc) is 3.19. The van der Waals surface area contributed by atoms with Crippen molar-refractivity contribution in [1.82, 2.24) is 0 Å². The third-order valence-electron chi connectivity index (χ3n) is 10.1. The number of carbonyl (C=O) groups is 3. The first kappa shape index (κ1) is 53.4. The molecule has 0 aromatic carbocycles. The van der Waals surface area contributed by atoms with Crippen molar-refractivity contribution in [2.75, 3.05) is 13.2 Å². The van der Waals surface area contributed by atoms with Crippen molar-refractivity contribution in [3.63, 3.8) is 0 Å². The molecule has 0 aliphatic rings. The molecule has 0 aromatic heterocycles. The topological polar surface area (TPSA) is 78.9 Å². The molecule has 0 amide bonds. The molecule has 0 unspecified atom stereocenters. The van der Waals surface area contributed by atoms with Gasteiger partial charge in [-0.15, -0.1) is 0 Å². The van der Waals surface area contributed by atoms with Gasteiger partial charge >= 0.3 is 17.9 Å². The maximum absolute atomic E-state index is 12.7. The molecule has 324 valence electrons. The van der Waals surface area contributed by atoms with Gasteiger partial charge in [0.1, 0.15) is 13.2 Å². The van der Waals surface area contributed by atoms with Gasteiger partial charge in [0.2, 0.25) is 0 Å². The van der Waals surface area contributed by atoms with Gasteiger partial charge in [0.05, 0.1) is 0 Å². The Labute approximate surface area is 346 Å². The zero-order valence-electron chi connectivity index (χ0n) is 36.9. The summed E-state index contributed by atoms with van der Waals surface area (Å²) >= 11 is 0. The van der Waals surface area contributed by atoms with Crippen LogP contribution < -0.4 is 0 Å². The Morgan fingerprint density at radius 2 is 0.661 bits per heavy atom. The molecule has 0 aromatic rings. The number of esters is 3. The molecule has 0 aliphatic carbocycles. The summed E-state index contributed by atoms with van der Waals surface area (Å²) in [6.45, 7) is 6.53. The number of rotatable bonds is 42. The van der Waals surface area contributed by atoms with Crippen LogP contribution in [0.15, 0.2) is 48.6 Å². The van der Waals surface area contributed by atoms with Crippen LogP contribution in [0.1, 0.15) is 233 Å². The van der Waals surface area contributed by atoms with E-state index in [1.807, 2.05) is 0 Å². The highest BCUT2D eigenvalue weighted by Gasteiger charge is 2.19. The van der Waals surface area contributed by atoms with Gasteiger partial charge in [0, 0.05) is 19.3 Å². The van der Waals surface area contributed by atoms with Gasteiger partial charge in [0.25, 0.3) is 0 Å². The Morgan fingerprint density at radius 3 is 1.11 bits per heavy atom. The van der Waals surface area contributed by atoms with Crippen molar-refractivity contribution < 1.29 is 28.6 Å². The molecule has 0 radical (unpaired) electrons. The Hall–Kier alpha value is -2.63. The van der Waals surface area contributed by atoms with Crippen molar-refractivity contribution in [2.45, 2.75) is 239 Å². The van der Waals surface area contributed by atoms with Gasteiger partial charge in [0.15, 0.2) is 6.10 Å². The van der Waals surface area contributed by atoms with Gasteiger partial charge in [-0.25, -0.2) is 0 Å². The Morgan fingerprint density at radius 1 is 0.357 bits per heavy atom. The van der Waals surface area contributed by atoms with E-state index in [2.05, 4.69) is 69.4 Å². The van der Waals surface area contributed by atoms with Crippen LogP contribution in [-0.4, -0.2) is 37.2 Å². The average molecular weight is 785 g/mol. The summed E-state index contributed by atoms with van der Waals surface area (Å²) < 4.78 is 16.7. The van der Waals surface area contributed by atoms with E-state index in [0.717, 1.165) is 96.3 Å². The first-order valence-corrected chi connectivity index (χ1v) is 23.6. The van der Waals surface area contributed by atoms with E-state index in [0.29, 0.717) is 19.3 Å². The van der Waals surface area contributed by atoms with Crippen molar-refractivity contribution in [1.29, 1.82) is 0 Å². The molecule has 0 aliphatic heterocycles. The van der Waals surface area contributed by atoms with Crippen LogP contribution in [0.2, 0.25) is 0 Å².